The highest BCUT2D eigenvalue weighted by Gasteiger charge is 2.29. The highest BCUT2D eigenvalue weighted by atomic mass is 32.2. The van der Waals surface area contributed by atoms with Gasteiger partial charge >= 0.3 is 0 Å². The van der Waals surface area contributed by atoms with E-state index in [1.54, 1.807) is 18.2 Å². The number of aryl methyl sites for hydroxylation is 1. The first-order chi connectivity index (χ1) is 16.3. The molecule has 4 rings (SSSR count). The van der Waals surface area contributed by atoms with E-state index >= 15 is 0 Å². The monoisotopic (exact) mass is 485 g/mol. The van der Waals surface area contributed by atoms with Gasteiger partial charge < -0.3 is 15.4 Å². The number of nitrogens with one attached hydrogen (secondary N) is 2. The fraction of sp³-hybridized carbons (Fsp3) is 0.440. The van der Waals surface area contributed by atoms with Crippen molar-refractivity contribution >= 4 is 27.5 Å². The molecular formula is C25H31N3O5S. The number of methoxy groups -OCH3 is 1. The molecule has 182 valence electrons. The molecule has 2 aliphatic rings. The number of sulfonamides is 1. The number of nitrogens with zero attached hydrogens (tertiary/aromatic N) is 1. The van der Waals surface area contributed by atoms with Gasteiger partial charge in [-0.25, -0.2) is 8.42 Å². The van der Waals surface area contributed by atoms with Crippen LogP contribution in [0.2, 0.25) is 0 Å². The molecule has 8 nitrogen and oxygen atoms in total. The molecule has 34 heavy (non-hydrogen) atoms. The SMILES string of the molecule is COc1ccc(C(=O)Nc2cc(C(=O)NC3CC3)ccc2C)cc1S(=O)(=O)N1CCCCCC1. The number of rotatable bonds is 7. The lowest BCUT2D eigenvalue weighted by molar-refractivity contribution is 0.0949. The summed E-state index contributed by atoms with van der Waals surface area (Å²) < 4.78 is 33.6. The van der Waals surface area contributed by atoms with Crippen LogP contribution in [0.5, 0.6) is 5.75 Å². The van der Waals surface area contributed by atoms with Crippen molar-refractivity contribution in [2.45, 2.75) is 56.4 Å². The molecule has 2 N–H and O–H groups in total. The van der Waals surface area contributed by atoms with Crippen LogP contribution in [0.15, 0.2) is 41.3 Å². The maximum atomic E-state index is 13.4. The molecule has 0 unspecified atom stereocenters. The summed E-state index contributed by atoms with van der Waals surface area (Å²) in [5.74, 6) is -0.429. The Bertz CT molecular complexity index is 1180. The third kappa shape index (κ3) is 5.42. The van der Waals surface area contributed by atoms with Gasteiger partial charge in [0, 0.05) is 35.9 Å². The minimum atomic E-state index is -3.81. The summed E-state index contributed by atoms with van der Waals surface area (Å²) in [6.45, 7) is 2.75. The molecule has 1 aliphatic heterocycles. The van der Waals surface area contributed by atoms with Gasteiger partial charge in [0.05, 0.1) is 7.11 Å². The number of carbonyl (C=O) groups is 2. The quantitative estimate of drug-likeness (QED) is 0.622. The summed E-state index contributed by atoms with van der Waals surface area (Å²) in [6.07, 6.45) is 5.60. The Labute approximate surface area is 200 Å². The van der Waals surface area contributed by atoms with Gasteiger partial charge in [0.1, 0.15) is 10.6 Å². The number of amides is 2. The van der Waals surface area contributed by atoms with Gasteiger partial charge in [0.15, 0.2) is 0 Å². The zero-order valence-electron chi connectivity index (χ0n) is 19.6. The molecule has 0 bridgehead atoms. The van der Waals surface area contributed by atoms with Gasteiger partial charge in [-0.15, -0.1) is 0 Å². The van der Waals surface area contributed by atoms with Crippen LogP contribution in [0.1, 0.15) is 64.8 Å². The third-order valence-electron chi connectivity index (χ3n) is 6.27. The zero-order valence-corrected chi connectivity index (χ0v) is 20.4. The first-order valence-electron chi connectivity index (χ1n) is 11.7. The number of anilines is 1. The molecule has 1 saturated heterocycles. The van der Waals surface area contributed by atoms with E-state index in [9.17, 15) is 18.0 Å². The molecule has 0 radical (unpaired) electrons. The molecule has 0 spiro atoms. The Morgan fingerprint density at radius 1 is 0.941 bits per heavy atom. The van der Waals surface area contributed by atoms with Crippen molar-refractivity contribution in [1.29, 1.82) is 0 Å². The standard InChI is InChI=1S/C25H31N3O5S/c1-17-7-8-18(24(29)26-20-10-11-20)15-21(17)27-25(30)19-9-12-22(33-2)23(16-19)34(31,32)28-13-5-3-4-6-14-28/h7-9,12,15-16,20H,3-6,10-11,13-14H2,1-2H3,(H,26,29)(H,27,30). The highest BCUT2D eigenvalue weighted by molar-refractivity contribution is 7.89. The van der Waals surface area contributed by atoms with E-state index in [4.69, 9.17) is 4.74 Å². The van der Waals surface area contributed by atoms with Crippen molar-refractivity contribution in [3.63, 3.8) is 0 Å². The summed E-state index contributed by atoms with van der Waals surface area (Å²) >= 11 is 0. The summed E-state index contributed by atoms with van der Waals surface area (Å²) in [4.78, 5) is 25.5. The van der Waals surface area contributed by atoms with E-state index in [1.807, 2.05) is 6.92 Å². The summed E-state index contributed by atoms with van der Waals surface area (Å²) in [5.41, 5.74) is 1.96. The van der Waals surface area contributed by atoms with Gasteiger partial charge in [0.25, 0.3) is 11.8 Å². The average molecular weight is 486 g/mol. The van der Waals surface area contributed by atoms with Crippen molar-refractivity contribution in [1.82, 2.24) is 9.62 Å². The van der Waals surface area contributed by atoms with Crippen LogP contribution in [-0.2, 0) is 10.0 Å². The van der Waals surface area contributed by atoms with E-state index in [0.29, 0.717) is 24.3 Å². The fourth-order valence-corrected chi connectivity index (χ4v) is 5.73. The summed E-state index contributed by atoms with van der Waals surface area (Å²) in [7, 11) is -2.40. The molecule has 1 aliphatic carbocycles. The lowest BCUT2D eigenvalue weighted by Gasteiger charge is -2.21. The molecule has 1 saturated carbocycles. The molecule has 2 aromatic carbocycles. The molecule has 2 fully saturated rings. The second kappa shape index (κ2) is 10.1. The van der Waals surface area contributed by atoms with E-state index in [1.165, 1.54) is 29.6 Å². The normalized spacial score (nSPS) is 17.0. The van der Waals surface area contributed by atoms with Crippen molar-refractivity contribution < 1.29 is 22.7 Å². The Balaban J connectivity index is 1.59. The van der Waals surface area contributed by atoms with Crippen molar-refractivity contribution in [2.24, 2.45) is 0 Å². The number of benzene rings is 2. The third-order valence-corrected chi connectivity index (χ3v) is 8.19. The smallest absolute Gasteiger partial charge is 0.255 e. The molecule has 0 atom stereocenters. The predicted octanol–water partition coefficient (Wildman–Crippen LogP) is 3.71. The molecule has 9 heteroatoms. The maximum absolute atomic E-state index is 13.4. The topological polar surface area (TPSA) is 105 Å². The van der Waals surface area contributed by atoms with Gasteiger partial charge in [-0.3, -0.25) is 9.59 Å². The lowest BCUT2D eigenvalue weighted by atomic mass is 10.1. The fourth-order valence-electron chi connectivity index (χ4n) is 4.03. The van der Waals surface area contributed by atoms with Crippen LogP contribution in [0.25, 0.3) is 0 Å². The maximum Gasteiger partial charge on any atom is 0.255 e. The van der Waals surface area contributed by atoms with Crippen LogP contribution in [0, 0.1) is 6.92 Å². The largest absolute Gasteiger partial charge is 0.495 e. The summed E-state index contributed by atoms with van der Waals surface area (Å²) in [6, 6.07) is 9.79. The first-order valence-corrected chi connectivity index (χ1v) is 13.1. The number of ether oxygens (including phenoxy) is 1. The Hall–Kier alpha value is -2.91. The molecule has 1 heterocycles. The first kappa shape index (κ1) is 24.2. The van der Waals surface area contributed by atoms with Gasteiger partial charge in [0.2, 0.25) is 10.0 Å². The number of hydrogen-bond donors (Lipinski definition) is 2. The molecule has 0 aromatic heterocycles. The van der Waals surface area contributed by atoms with Crippen LogP contribution < -0.4 is 15.4 Å². The van der Waals surface area contributed by atoms with Crippen LogP contribution in [0.3, 0.4) is 0 Å². The van der Waals surface area contributed by atoms with Gasteiger partial charge in [-0.1, -0.05) is 18.9 Å². The zero-order chi connectivity index (χ0) is 24.3. The second-order valence-electron chi connectivity index (χ2n) is 8.92. The van der Waals surface area contributed by atoms with Gasteiger partial charge in [-0.05, 0) is 68.5 Å². The molecule has 2 amide bonds. The van der Waals surface area contributed by atoms with Crippen molar-refractivity contribution in [3.05, 3.63) is 53.1 Å². The highest BCUT2D eigenvalue weighted by Crippen LogP contribution is 2.30. The van der Waals surface area contributed by atoms with Crippen LogP contribution in [0.4, 0.5) is 5.69 Å². The van der Waals surface area contributed by atoms with Crippen LogP contribution in [-0.4, -0.2) is 50.8 Å². The Kier molecular flexibility index (Phi) is 7.23. The van der Waals surface area contributed by atoms with E-state index < -0.39 is 15.9 Å². The minimum Gasteiger partial charge on any atom is -0.495 e. The van der Waals surface area contributed by atoms with E-state index in [2.05, 4.69) is 10.6 Å². The van der Waals surface area contributed by atoms with E-state index in [0.717, 1.165) is 44.1 Å². The van der Waals surface area contributed by atoms with Gasteiger partial charge in [-0.2, -0.15) is 4.31 Å². The van der Waals surface area contributed by atoms with Crippen molar-refractivity contribution in [2.75, 3.05) is 25.5 Å². The van der Waals surface area contributed by atoms with Crippen LogP contribution >= 0.6 is 0 Å². The molecular weight excluding hydrogens is 454 g/mol. The Morgan fingerprint density at radius 3 is 2.24 bits per heavy atom. The number of carbonyl (C=O) groups excluding carboxylic acids is 2. The van der Waals surface area contributed by atoms with E-state index in [-0.39, 0.29) is 28.2 Å². The number of hydrogen-bond acceptors (Lipinski definition) is 5. The predicted molar refractivity (Wildman–Crippen MR) is 130 cm³/mol. The summed E-state index contributed by atoms with van der Waals surface area (Å²) in [5, 5.41) is 5.77. The second-order valence-corrected chi connectivity index (χ2v) is 10.8. The average Bonchev–Trinajstić information content (AvgIpc) is 3.67. The van der Waals surface area contributed by atoms with Crippen molar-refractivity contribution in [3.8, 4) is 5.75 Å². The lowest BCUT2D eigenvalue weighted by Crippen LogP contribution is -2.32. The minimum absolute atomic E-state index is 0.0150. The molecule has 2 aromatic rings. The Morgan fingerprint density at radius 2 is 1.59 bits per heavy atom.